The molecule has 0 radical (unpaired) electrons. The molecule has 2 fully saturated rings. The van der Waals surface area contributed by atoms with Crippen LogP contribution in [0.15, 0.2) is 18.2 Å². The highest BCUT2D eigenvalue weighted by molar-refractivity contribution is 5.20. The largest absolute Gasteiger partial charge is 0.392 e. The number of fused-ring (bicyclic) bond motifs is 1. The summed E-state index contributed by atoms with van der Waals surface area (Å²) in [5.74, 6) is 0.692. The zero-order chi connectivity index (χ0) is 12.0. The van der Waals surface area contributed by atoms with Gasteiger partial charge in [-0.25, -0.2) is 8.78 Å². The molecule has 2 aliphatic carbocycles. The Morgan fingerprint density at radius 3 is 2.29 bits per heavy atom. The number of aliphatic hydroxyl groups is 1. The second-order valence-electron chi connectivity index (χ2n) is 5.46. The van der Waals surface area contributed by atoms with Crippen LogP contribution >= 0.6 is 0 Å². The van der Waals surface area contributed by atoms with Crippen molar-refractivity contribution in [3.63, 3.8) is 0 Å². The summed E-state index contributed by atoms with van der Waals surface area (Å²) >= 11 is 0. The van der Waals surface area contributed by atoms with Crippen LogP contribution in [-0.2, 0) is 6.42 Å². The van der Waals surface area contributed by atoms with Gasteiger partial charge >= 0.3 is 0 Å². The zero-order valence-corrected chi connectivity index (χ0v) is 9.57. The molecular weight excluding hydrogens is 222 g/mol. The summed E-state index contributed by atoms with van der Waals surface area (Å²) < 4.78 is 26.9. The minimum Gasteiger partial charge on any atom is -0.392 e. The van der Waals surface area contributed by atoms with E-state index in [1.54, 1.807) is 0 Å². The maximum atomic E-state index is 13.4. The smallest absolute Gasteiger partial charge is 0.129 e. The number of hydrogen-bond donors (Lipinski definition) is 1. The fourth-order valence-electron chi connectivity index (χ4n) is 3.18. The Labute approximate surface area is 99.5 Å². The first-order valence-corrected chi connectivity index (χ1v) is 6.26. The van der Waals surface area contributed by atoms with E-state index in [0.717, 1.165) is 24.7 Å². The quantitative estimate of drug-likeness (QED) is 0.858. The van der Waals surface area contributed by atoms with Gasteiger partial charge in [-0.05, 0) is 49.1 Å². The molecule has 0 heterocycles. The summed E-state index contributed by atoms with van der Waals surface area (Å²) in [6.45, 7) is 0. The Morgan fingerprint density at radius 1 is 1.12 bits per heavy atom. The lowest BCUT2D eigenvalue weighted by Crippen LogP contribution is -2.22. The van der Waals surface area contributed by atoms with E-state index in [9.17, 15) is 13.9 Å². The Hall–Kier alpha value is -0.960. The first-order chi connectivity index (χ1) is 8.15. The van der Waals surface area contributed by atoms with Gasteiger partial charge in [-0.2, -0.15) is 0 Å². The van der Waals surface area contributed by atoms with E-state index in [2.05, 4.69) is 0 Å². The normalized spacial score (nSPS) is 32.3. The highest BCUT2D eigenvalue weighted by atomic mass is 19.1. The number of benzene rings is 1. The fraction of sp³-hybridized carbons (Fsp3) is 0.571. The highest BCUT2D eigenvalue weighted by Gasteiger charge is 2.47. The van der Waals surface area contributed by atoms with Crippen LogP contribution in [0.3, 0.4) is 0 Å². The van der Waals surface area contributed by atoms with Gasteiger partial charge in [0.25, 0.3) is 0 Å². The minimum atomic E-state index is -0.603. The molecule has 0 aromatic heterocycles. The van der Waals surface area contributed by atoms with Gasteiger partial charge in [-0.1, -0.05) is 6.07 Å². The molecule has 3 unspecified atom stereocenters. The average molecular weight is 238 g/mol. The second kappa shape index (κ2) is 4.05. The highest BCUT2D eigenvalue weighted by Crippen LogP contribution is 2.55. The maximum absolute atomic E-state index is 13.4. The summed E-state index contributed by atoms with van der Waals surface area (Å²) in [7, 11) is 0. The first-order valence-electron chi connectivity index (χ1n) is 6.26. The summed E-state index contributed by atoms with van der Waals surface area (Å²) in [4.78, 5) is 0. The van der Waals surface area contributed by atoms with Crippen molar-refractivity contribution in [1.29, 1.82) is 0 Å². The molecule has 0 aliphatic heterocycles. The van der Waals surface area contributed by atoms with Gasteiger partial charge in [0.15, 0.2) is 0 Å². The van der Waals surface area contributed by atoms with Gasteiger partial charge in [0.1, 0.15) is 11.6 Å². The molecule has 1 aromatic carbocycles. The average Bonchev–Trinajstić information content (AvgIpc) is 2.91. The standard InChI is InChI=1S/C14H16F2O/c15-12-2-1-3-13(16)11(12)7-14(17)10-5-8-4-9(8)6-10/h1-3,8-10,14,17H,4-7H2. The molecule has 92 valence electrons. The van der Waals surface area contributed by atoms with Crippen LogP contribution in [0, 0.1) is 29.4 Å². The molecule has 0 spiro atoms. The molecule has 3 rings (SSSR count). The zero-order valence-electron chi connectivity index (χ0n) is 9.57. The van der Waals surface area contributed by atoms with Gasteiger partial charge in [-0.3, -0.25) is 0 Å². The molecular formula is C14H16F2O. The lowest BCUT2D eigenvalue weighted by atomic mass is 9.92. The van der Waals surface area contributed by atoms with Crippen LogP contribution < -0.4 is 0 Å². The summed E-state index contributed by atoms with van der Waals surface area (Å²) in [6.07, 6.45) is 2.85. The molecule has 2 saturated carbocycles. The van der Waals surface area contributed by atoms with E-state index >= 15 is 0 Å². The molecule has 3 atom stereocenters. The van der Waals surface area contributed by atoms with Crippen molar-refractivity contribution in [2.75, 3.05) is 0 Å². The fourth-order valence-corrected chi connectivity index (χ4v) is 3.18. The first kappa shape index (κ1) is 11.1. The Balaban J connectivity index is 1.69. The SMILES string of the molecule is OC(Cc1c(F)cccc1F)C1CC2CC2C1. The summed E-state index contributed by atoms with van der Waals surface area (Å²) in [6, 6.07) is 3.85. The molecule has 0 amide bonds. The Kier molecular flexibility index (Phi) is 2.66. The van der Waals surface area contributed by atoms with E-state index in [0.29, 0.717) is 0 Å². The minimum absolute atomic E-state index is 0.0283. The van der Waals surface area contributed by atoms with E-state index < -0.39 is 17.7 Å². The third kappa shape index (κ3) is 2.08. The van der Waals surface area contributed by atoms with Crippen molar-refractivity contribution in [2.45, 2.75) is 31.8 Å². The van der Waals surface area contributed by atoms with Gasteiger partial charge in [-0.15, -0.1) is 0 Å². The van der Waals surface area contributed by atoms with Gasteiger partial charge in [0.2, 0.25) is 0 Å². The predicted octanol–water partition coefficient (Wildman–Crippen LogP) is 2.91. The molecule has 17 heavy (non-hydrogen) atoms. The summed E-state index contributed by atoms with van der Waals surface area (Å²) in [5.41, 5.74) is 0.0283. The van der Waals surface area contributed by atoms with Crippen molar-refractivity contribution >= 4 is 0 Å². The lowest BCUT2D eigenvalue weighted by Gasteiger charge is -2.19. The van der Waals surface area contributed by atoms with Crippen molar-refractivity contribution in [3.8, 4) is 0 Å². The van der Waals surface area contributed by atoms with E-state index in [-0.39, 0.29) is 17.9 Å². The number of rotatable bonds is 3. The topological polar surface area (TPSA) is 20.2 Å². The van der Waals surface area contributed by atoms with Crippen molar-refractivity contribution in [1.82, 2.24) is 0 Å². The molecule has 1 aromatic rings. The van der Waals surface area contributed by atoms with Crippen LogP contribution in [0.1, 0.15) is 24.8 Å². The van der Waals surface area contributed by atoms with Crippen LogP contribution in [0.4, 0.5) is 8.78 Å². The summed E-state index contributed by atoms with van der Waals surface area (Å²) in [5, 5.41) is 10.1. The molecule has 2 aliphatic rings. The van der Waals surface area contributed by atoms with Crippen molar-refractivity contribution in [3.05, 3.63) is 35.4 Å². The third-order valence-electron chi connectivity index (χ3n) is 4.30. The van der Waals surface area contributed by atoms with Crippen LogP contribution in [0.25, 0.3) is 0 Å². The third-order valence-corrected chi connectivity index (χ3v) is 4.30. The van der Waals surface area contributed by atoms with Crippen LogP contribution in [-0.4, -0.2) is 11.2 Å². The lowest BCUT2D eigenvalue weighted by molar-refractivity contribution is 0.102. The van der Waals surface area contributed by atoms with Crippen LogP contribution in [0.5, 0.6) is 0 Å². The maximum Gasteiger partial charge on any atom is 0.129 e. The predicted molar refractivity (Wildman–Crippen MR) is 60.4 cm³/mol. The molecule has 1 N–H and O–H groups in total. The Bertz CT molecular complexity index is 402. The van der Waals surface area contributed by atoms with Crippen molar-refractivity contribution in [2.24, 2.45) is 17.8 Å². The molecule has 0 bridgehead atoms. The Morgan fingerprint density at radius 2 is 1.71 bits per heavy atom. The van der Waals surface area contributed by atoms with Gasteiger partial charge in [0, 0.05) is 12.0 Å². The van der Waals surface area contributed by atoms with Gasteiger partial charge < -0.3 is 5.11 Å². The monoisotopic (exact) mass is 238 g/mol. The molecule has 0 saturated heterocycles. The molecule has 3 heteroatoms. The van der Waals surface area contributed by atoms with E-state index in [4.69, 9.17) is 0 Å². The number of halogens is 2. The van der Waals surface area contributed by atoms with E-state index in [1.807, 2.05) is 0 Å². The number of hydrogen-bond acceptors (Lipinski definition) is 1. The van der Waals surface area contributed by atoms with E-state index in [1.165, 1.54) is 24.6 Å². The number of aliphatic hydroxyl groups excluding tert-OH is 1. The van der Waals surface area contributed by atoms with Gasteiger partial charge in [0.05, 0.1) is 6.10 Å². The second-order valence-corrected chi connectivity index (χ2v) is 5.46. The molecule has 1 nitrogen and oxygen atoms in total. The van der Waals surface area contributed by atoms with Crippen molar-refractivity contribution < 1.29 is 13.9 Å². The van der Waals surface area contributed by atoms with Crippen LogP contribution in [0.2, 0.25) is 0 Å².